The van der Waals surface area contributed by atoms with E-state index in [0.717, 1.165) is 61.0 Å². The summed E-state index contributed by atoms with van der Waals surface area (Å²) < 4.78 is 26.4. The molecule has 3 rings (SSSR count). The number of Topliss-reactive ketones (excluding diaryl/α,β-unsaturated/α-hetero) is 1. The Hall–Kier alpha value is -1.89. The Kier molecular flexibility index (Phi) is 4.42. The van der Waals surface area contributed by atoms with Crippen molar-refractivity contribution in [1.29, 1.82) is 0 Å². The number of hydrogen-bond donors (Lipinski definition) is 0. The third-order valence-electron chi connectivity index (χ3n) is 3.46. The van der Waals surface area contributed by atoms with E-state index in [1.807, 2.05) is 0 Å². The molecule has 1 aliphatic carbocycles. The number of thioether (sulfide) groups is 1. The highest BCUT2D eigenvalue weighted by molar-refractivity contribution is 7.99. The maximum atomic E-state index is 13.5. The monoisotopic (exact) mass is 321 g/mol. The van der Waals surface area contributed by atoms with Gasteiger partial charge in [0.25, 0.3) is 0 Å². The number of hydrogen-bond acceptors (Lipinski definition) is 5. The van der Waals surface area contributed by atoms with Gasteiger partial charge in [0.1, 0.15) is 11.6 Å². The van der Waals surface area contributed by atoms with E-state index in [4.69, 9.17) is 0 Å². The molecule has 114 valence electrons. The molecule has 0 radical (unpaired) electrons. The topological polar surface area (TPSA) is 55.7 Å². The van der Waals surface area contributed by atoms with Crippen molar-refractivity contribution in [2.45, 2.75) is 30.8 Å². The molecule has 1 aromatic carbocycles. The summed E-state index contributed by atoms with van der Waals surface area (Å²) in [6.07, 6.45) is 3.94. The van der Waals surface area contributed by atoms with Crippen LogP contribution in [0.3, 0.4) is 0 Å². The van der Waals surface area contributed by atoms with Crippen molar-refractivity contribution >= 4 is 17.5 Å². The van der Waals surface area contributed by atoms with E-state index in [1.54, 1.807) is 0 Å². The van der Waals surface area contributed by atoms with E-state index in [2.05, 4.69) is 15.2 Å². The molecule has 0 N–H and O–H groups in total. The summed E-state index contributed by atoms with van der Waals surface area (Å²) >= 11 is 1.11. The number of benzene rings is 1. The molecule has 0 saturated heterocycles. The third kappa shape index (κ3) is 3.30. The van der Waals surface area contributed by atoms with Gasteiger partial charge in [-0.25, -0.2) is 13.8 Å². The highest BCUT2D eigenvalue weighted by Crippen LogP contribution is 2.21. The minimum Gasteiger partial charge on any atom is -0.293 e. The zero-order chi connectivity index (χ0) is 15.5. The number of carbonyl (C=O) groups excluding carboxylic acids is 1. The minimum atomic E-state index is -0.852. The van der Waals surface area contributed by atoms with Crippen LogP contribution in [0.1, 0.15) is 34.6 Å². The van der Waals surface area contributed by atoms with Gasteiger partial charge in [0, 0.05) is 6.07 Å². The molecule has 1 aromatic heterocycles. The molecule has 0 amide bonds. The van der Waals surface area contributed by atoms with E-state index >= 15 is 0 Å². The van der Waals surface area contributed by atoms with Crippen LogP contribution in [0, 0.1) is 11.6 Å². The Bertz CT molecular complexity index is 724. The molecule has 7 heteroatoms. The van der Waals surface area contributed by atoms with Crippen LogP contribution in [-0.4, -0.2) is 26.7 Å². The average Bonchev–Trinajstić information content (AvgIpc) is 2.52. The van der Waals surface area contributed by atoms with Gasteiger partial charge in [-0.3, -0.25) is 4.79 Å². The molecule has 0 unspecified atom stereocenters. The summed E-state index contributed by atoms with van der Waals surface area (Å²) in [5.74, 6) is -1.99. The van der Waals surface area contributed by atoms with Crippen molar-refractivity contribution in [2.24, 2.45) is 0 Å². The highest BCUT2D eigenvalue weighted by atomic mass is 32.2. The number of nitrogens with zero attached hydrogens (tertiary/aromatic N) is 3. The summed E-state index contributed by atoms with van der Waals surface area (Å²) in [5, 5.41) is 8.53. The number of halogens is 2. The van der Waals surface area contributed by atoms with E-state index in [-0.39, 0.29) is 11.3 Å². The molecule has 0 saturated carbocycles. The molecule has 22 heavy (non-hydrogen) atoms. The lowest BCUT2D eigenvalue weighted by Crippen LogP contribution is -2.11. The second-order valence-electron chi connectivity index (χ2n) is 5.03. The van der Waals surface area contributed by atoms with Gasteiger partial charge in [-0.05, 0) is 37.8 Å². The Morgan fingerprint density at radius 2 is 1.91 bits per heavy atom. The van der Waals surface area contributed by atoms with E-state index < -0.39 is 17.4 Å². The second kappa shape index (κ2) is 6.48. The number of rotatable bonds is 4. The maximum Gasteiger partial charge on any atom is 0.209 e. The Labute approximate surface area is 130 Å². The summed E-state index contributed by atoms with van der Waals surface area (Å²) in [4.78, 5) is 16.4. The SMILES string of the molecule is O=C(CSc1nnc2c(n1)CCCC2)c1ccc(F)cc1F. The average molecular weight is 321 g/mol. The number of aromatic nitrogens is 3. The number of aryl methyl sites for hydroxylation is 2. The Morgan fingerprint density at radius 3 is 2.68 bits per heavy atom. The van der Waals surface area contributed by atoms with Gasteiger partial charge in [-0.15, -0.1) is 5.10 Å². The standard InChI is InChI=1S/C15H13F2N3OS/c16-9-5-6-10(11(17)7-9)14(21)8-22-15-18-12-3-1-2-4-13(12)19-20-15/h5-7H,1-4,8H2. The molecular formula is C15H13F2N3OS. The fraction of sp³-hybridized carbons (Fsp3) is 0.333. The summed E-state index contributed by atoms with van der Waals surface area (Å²) in [5.41, 5.74) is 1.73. The van der Waals surface area contributed by atoms with Crippen LogP contribution < -0.4 is 0 Å². The largest absolute Gasteiger partial charge is 0.293 e. The quantitative estimate of drug-likeness (QED) is 0.640. The second-order valence-corrected chi connectivity index (χ2v) is 5.97. The lowest BCUT2D eigenvalue weighted by Gasteiger charge is -2.12. The van der Waals surface area contributed by atoms with Crippen molar-refractivity contribution in [3.05, 3.63) is 46.8 Å². The first kappa shape index (κ1) is 15.0. The zero-order valence-electron chi connectivity index (χ0n) is 11.7. The van der Waals surface area contributed by atoms with Crippen LogP contribution in [0.15, 0.2) is 23.4 Å². The van der Waals surface area contributed by atoms with E-state index in [0.29, 0.717) is 11.2 Å². The van der Waals surface area contributed by atoms with Crippen LogP contribution in [0.25, 0.3) is 0 Å². The molecule has 0 atom stereocenters. The fourth-order valence-corrected chi connectivity index (χ4v) is 3.02. The van der Waals surface area contributed by atoms with Crippen LogP contribution in [-0.2, 0) is 12.8 Å². The molecule has 0 aliphatic heterocycles. The molecule has 0 fully saturated rings. The molecule has 1 heterocycles. The van der Waals surface area contributed by atoms with Crippen LogP contribution in [0.2, 0.25) is 0 Å². The van der Waals surface area contributed by atoms with Gasteiger partial charge >= 0.3 is 0 Å². The first-order valence-corrected chi connectivity index (χ1v) is 7.95. The summed E-state index contributed by atoms with van der Waals surface area (Å²) in [6, 6.07) is 2.92. The summed E-state index contributed by atoms with van der Waals surface area (Å²) in [7, 11) is 0. The summed E-state index contributed by atoms with van der Waals surface area (Å²) in [6.45, 7) is 0. The molecule has 1 aliphatic rings. The van der Waals surface area contributed by atoms with Gasteiger partial charge in [0.15, 0.2) is 5.78 Å². The van der Waals surface area contributed by atoms with Crippen LogP contribution >= 0.6 is 11.8 Å². The molecular weight excluding hydrogens is 308 g/mol. The van der Waals surface area contributed by atoms with Crippen molar-refractivity contribution in [3.63, 3.8) is 0 Å². The maximum absolute atomic E-state index is 13.5. The third-order valence-corrected chi connectivity index (χ3v) is 4.30. The van der Waals surface area contributed by atoms with E-state index in [1.165, 1.54) is 0 Å². The van der Waals surface area contributed by atoms with Crippen LogP contribution in [0.4, 0.5) is 8.78 Å². The molecule has 2 aromatic rings. The molecule has 0 bridgehead atoms. The van der Waals surface area contributed by atoms with Crippen molar-refractivity contribution < 1.29 is 13.6 Å². The van der Waals surface area contributed by atoms with Crippen molar-refractivity contribution in [3.8, 4) is 0 Å². The zero-order valence-corrected chi connectivity index (χ0v) is 12.5. The minimum absolute atomic E-state index is 0.0109. The van der Waals surface area contributed by atoms with Gasteiger partial charge < -0.3 is 0 Å². The van der Waals surface area contributed by atoms with Crippen molar-refractivity contribution in [1.82, 2.24) is 15.2 Å². The Morgan fingerprint density at radius 1 is 1.14 bits per heavy atom. The number of ketones is 1. The van der Waals surface area contributed by atoms with Crippen LogP contribution in [0.5, 0.6) is 0 Å². The normalized spacial score (nSPS) is 13.7. The Balaban J connectivity index is 1.68. The number of fused-ring (bicyclic) bond motifs is 1. The smallest absolute Gasteiger partial charge is 0.209 e. The fourth-order valence-electron chi connectivity index (χ4n) is 2.33. The van der Waals surface area contributed by atoms with Gasteiger partial charge in [0.05, 0.1) is 22.7 Å². The van der Waals surface area contributed by atoms with Crippen molar-refractivity contribution in [2.75, 3.05) is 5.75 Å². The molecule has 4 nitrogen and oxygen atoms in total. The predicted octanol–water partition coefficient (Wildman–Crippen LogP) is 3.00. The van der Waals surface area contributed by atoms with E-state index in [9.17, 15) is 13.6 Å². The lowest BCUT2D eigenvalue weighted by molar-refractivity contribution is 0.101. The molecule has 0 spiro atoms. The highest BCUT2D eigenvalue weighted by Gasteiger charge is 2.16. The van der Waals surface area contributed by atoms with Gasteiger partial charge in [-0.1, -0.05) is 11.8 Å². The van der Waals surface area contributed by atoms with Gasteiger partial charge in [-0.2, -0.15) is 5.10 Å². The predicted molar refractivity (Wildman–Crippen MR) is 77.9 cm³/mol. The lowest BCUT2D eigenvalue weighted by atomic mass is 10.0. The first-order valence-electron chi connectivity index (χ1n) is 6.97. The first-order chi connectivity index (χ1) is 10.6. The van der Waals surface area contributed by atoms with Gasteiger partial charge in [0.2, 0.25) is 5.16 Å². The number of carbonyl (C=O) groups is 1.